The number of quaternary nitrogens is 2. The van der Waals surface area contributed by atoms with E-state index in [2.05, 4.69) is 16.0 Å². The minimum absolute atomic E-state index is 0.303. The van der Waals surface area contributed by atoms with Gasteiger partial charge in [-0.15, -0.1) is 0 Å². The number of hydrogen-bond donors (Lipinski definition) is 4. The van der Waals surface area contributed by atoms with Crippen LogP contribution in [-0.4, -0.2) is 57.0 Å². The summed E-state index contributed by atoms with van der Waals surface area (Å²) in [5.74, 6) is -0.303. The first-order valence-electron chi connectivity index (χ1n) is 8.66. The van der Waals surface area contributed by atoms with E-state index in [0.29, 0.717) is 17.3 Å². The fraction of sp³-hybridized carbons (Fsp3) is 0.529. The molecule has 1 aliphatic heterocycles. The number of carbonyl (C=O) groups is 1. The highest BCUT2D eigenvalue weighted by Crippen LogP contribution is 2.10. The average molecular weight is 353 g/mol. The van der Waals surface area contributed by atoms with Crippen molar-refractivity contribution >= 4 is 29.0 Å². The van der Waals surface area contributed by atoms with E-state index >= 15 is 0 Å². The van der Waals surface area contributed by atoms with Crippen molar-refractivity contribution in [1.29, 1.82) is 0 Å². The molecule has 1 aromatic rings. The molecule has 0 amide bonds. The average Bonchev–Trinajstić information content (AvgIpc) is 2.60. The van der Waals surface area contributed by atoms with Gasteiger partial charge in [-0.3, -0.25) is 0 Å². The van der Waals surface area contributed by atoms with Gasteiger partial charge in [0.05, 0.1) is 18.7 Å². The summed E-state index contributed by atoms with van der Waals surface area (Å²) in [6.07, 6.45) is 1.11. The van der Waals surface area contributed by atoms with E-state index < -0.39 is 0 Å². The van der Waals surface area contributed by atoms with E-state index in [-0.39, 0.29) is 5.97 Å². The van der Waals surface area contributed by atoms with E-state index in [1.165, 1.54) is 32.7 Å². The molecule has 0 radical (unpaired) electrons. The van der Waals surface area contributed by atoms with Crippen LogP contribution in [0.25, 0.3) is 0 Å². The van der Waals surface area contributed by atoms with Crippen molar-refractivity contribution in [3.63, 3.8) is 0 Å². The minimum Gasteiger partial charge on any atom is -0.462 e. The maximum absolute atomic E-state index is 11.6. The lowest BCUT2D eigenvalue weighted by atomic mass is 10.2. The number of anilines is 1. The summed E-state index contributed by atoms with van der Waals surface area (Å²) in [5.41, 5.74) is 1.40. The highest BCUT2D eigenvalue weighted by atomic mass is 32.1. The number of thiocarbonyl (C=S) groups is 1. The van der Waals surface area contributed by atoms with Crippen molar-refractivity contribution in [1.82, 2.24) is 5.32 Å². The zero-order valence-corrected chi connectivity index (χ0v) is 15.1. The Morgan fingerprint density at radius 2 is 2.00 bits per heavy atom. The van der Waals surface area contributed by atoms with Crippen LogP contribution in [-0.2, 0) is 4.74 Å². The number of benzene rings is 1. The molecule has 6 nitrogen and oxygen atoms in total. The number of hydrogen-bond acceptors (Lipinski definition) is 3. The van der Waals surface area contributed by atoms with Crippen LogP contribution in [0.15, 0.2) is 24.3 Å². The zero-order valence-electron chi connectivity index (χ0n) is 14.3. The van der Waals surface area contributed by atoms with Crippen molar-refractivity contribution in [3.8, 4) is 0 Å². The first-order valence-corrected chi connectivity index (χ1v) is 9.07. The van der Waals surface area contributed by atoms with Crippen LogP contribution in [0.5, 0.6) is 0 Å². The van der Waals surface area contributed by atoms with E-state index in [4.69, 9.17) is 17.0 Å². The molecule has 0 saturated carbocycles. The molecule has 7 heteroatoms. The second-order valence-electron chi connectivity index (χ2n) is 5.90. The van der Waals surface area contributed by atoms with Gasteiger partial charge in [0.15, 0.2) is 5.11 Å². The molecule has 0 bridgehead atoms. The number of nitrogens with two attached hydrogens (primary N) is 1. The monoisotopic (exact) mass is 352 g/mol. The Kier molecular flexibility index (Phi) is 7.94. The maximum atomic E-state index is 11.6. The van der Waals surface area contributed by atoms with Gasteiger partial charge in [0, 0.05) is 18.7 Å². The molecule has 1 saturated heterocycles. The predicted molar refractivity (Wildman–Crippen MR) is 98.5 cm³/mol. The summed E-state index contributed by atoms with van der Waals surface area (Å²) in [6, 6.07) is 7.13. The van der Waals surface area contributed by atoms with Gasteiger partial charge in [-0.2, -0.15) is 0 Å². The van der Waals surface area contributed by atoms with E-state index in [1.807, 2.05) is 12.1 Å². The van der Waals surface area contributed by atoms with Crippen molar-refractivity contribution in [2.24, 2.45) is 0 Å². The minimum atomic E-state index is -0.303. The lowest BCUT2D eigenvalue weighted by Crippen LogP contribution is -3.20. The number of rotatable bonds is 7. The Morgan fingerprint density at radius 1 is 1.29 bits per heavy atom. The van der Waals surface area contributed by atoms with Gasteiger partial charge in [-0.05, 0) is 43.4 Å². The second-order valence-corrected chi connectivity index (χ2v) is 6.31. The lowest BCUT2D eigenvalue weighted by Gasteiger charge is -2.22. The van der Waals surface area contributed by atoms with Crippen molar-refractivity contribution < 1.29 is 19.7 Å². The third-order valence-corrected chi connectivity index (χ3v) is 4.30. The molecule has 1 aromatic carbocycles. The molecule has 1 aliphatic rings. The van der Waals surface area contributed by atoms with Crippen LogP contribution in [0.1, 0.15) is 23.7 Å². The highest BCUT2D eigenvalue weighted by Gasteiger charge is 2.14. The van der Waals surface area contributed by atoms with Gasteiger partial charge in [0.25, 0.3) is 0 Å². The van der Waals surface area contributed by atoms with Gasteiger partial charge < -0.3 is 25.6 Å². The van der Waals surface area contributed by atoms with Crippen molar-refractivity contribution in [2.45, 2.75) is 13.3 Å². The SMILES string of the molecule is CCOC(=O)c1ccc(NC(=S)NCCC[NH+]2CC[NH2+]CC2)cc1. The first-order chi connectivity index (χ1) is 11.7. The summed E-state index contributed by atoms with van der Waals surface area (Å²) in [4.78, 5) is 13.3. The number of piperazine rings is 1. The fourth-order valence-electron chi connectivity index (χ4n) is 2.75. The third-order valence-electron chi connectivity index (χ3n) is 4.05. The van der Waals surface area contributed by atoms with Crippen molar-refractivity contribution in [3.05, 3.63) is 29.8 Å². The van der Waals surface area contributed by atoms with Crippen molar-refractivity contribution in [2.75, 3.05) is 51.2 Å². The van der Waals surface area contributed by atoms with Gasteiger partial charge in [0.1, 0.15) is 26.2 Å². The molecule has 2 rings (SSSR count). The molecule has 1 fully saturated rings. The molecule has 0 aliphatic carbocycles. The molecule has 0 spiro atoms. The van der Waals surface area contributed by atoms with Crippen LogP contribution in [0.3, 0.4) is 0 Å². The second kappa shape index (κ2) is 10.2. The fourth-order valence-corrected chi connectivity index (χ4v) is 2.97. The molecular formula is C17H28N4O2S+2. The number of esters is 1. The van der Waals surface area contributed by atoms with Crippen LogP contribution in [0.4, 0.5) is 5.69 Å². The van der Waals surface area contributed by atoms with E-state index in [0.717, 1.165) is 18.7 Å². The summed E-state index contributed by atoms with van der Waals surface area (Å²) in [7, 11) is 0. The topological polar surface area (TPSA) is 71.4 Å². The lowest BCUT2D eigenvalue weighted by molar-refractivity contribution is -0.946. The zero-order chi connectivity index (χ0) is 17.2. The molecular weight excluding hydrogens is 324 g/mol. The summed E-state index contributed by atoms with van der Waals surface area (Å²) >= 11 is 5.31. The maximum Gasteiger partial charge on any atom is 0.338 e. The van der Waals surface area contributed by atoms with Crippen LogP contribution in [0.2, 0.25) is 0 Å². The Balaban J connectivity index is 1.65. The number of ether oxygens (including phenoxy) is 1. The summed E-state index contributed by atoms with van der Waals surface area (Å²) in [6.45, 7) is 9.24. The molecule has 1 heterocycles. The predicted octanol–water partition coefficient (Wildman–Crippen LogP) is -0.998. The Labute approximate surface area is 148 Å². The quantitative estimate of drug-likeness (QED) is 0.288. The summed E-state index contributed by atoms with van der Waals surface area (Å²) in [5, 5.41) is 9.37. The molecule has 132 valence electrons. The Morgan fingerprint density at radius 3 is 2.67 bits per heavy atom. The molecule has 0 aromatic heterocycles. The van der Waals surface area contributed by atoms with Gasteiger partial charge in [0.2, 0.25) is 0 Å². The van der Waals surface area contributed by atoms with Crippen LogP contribution < -0.4 is 20.9 Å². The number of carbonyl (C=O) groups excluding carboxylic acids is 1. The van der Waals surface area contributed by atoms with Gasteiger partial charge >= 0.3 is 5.97 Å². The smallest absolute Gasteiger partial charge is 0.338 e. The Hall–Kier alpha value is -1.70. The van der Waals surface area contributed by atoms with Gasteiger partial charge in [-0.25, -0.2) is 4.79 Å². The number of nitrogens with one attached hydrogen (secondary N) is 3. The van der Waals surface area contributed by atoms with E-state index in [9.17, 15) is 4.79 Å². The Bertz CT molecular complexity index is 530. The highest BCUT2D eigenvalue weighted by molar-refractivity contribution is 7.80. The summed E-state index contributed by atoms with van der Waals surface area (Å²) < 4.78 is 4.96. The standard InChI is InChI=1S/C17H26N4O2S/c1-2-23-16(22)14-4-6-15(7-5-14)20-17(24)19-8-3-11-21-12-9-18-10-13-21/h4-7,18H,2-3,8-13H2,1H3,(H2,19,20,24)/p+2. The third kappa shape index (κ3) is 6.43. The van der Waals surface area contributed by atoms with E-state index in [1.54, 1.807) is 24.0 Å². The molecule has 5 N–H and O–H groups in total. The first kappa shape index (κ1) is 18.6. The van der Waals surface area contributed by atoms with Crippen LogP contribution >= 0.6 is 12.2 Å². The largest absolute Gasteiger partial charge is 0.462 e. The normalized spacial score (nSPS) is 14.9. The van der Waals surface area contributed by atoms with Gasteiger partial charge in [-0.1, -0.05) is 0 Å². The molecule has 0 unspecified atom stereocenters. The molecule has 24 heavy (non-hydrogen) atoms. The van der Waals surface area contributed by atoms with Crippen LogP contribution in [0, 0.1) is 0 Å². The molecule has 0 atom stereocenters.